The second-order valence-corrected chi connectivity index (χ2v) is 6.16. The fourth-order valence-corrected chi connectivity index (χ4v) is 1.73. The van der Waals surface area contributed by atoms with Gasteiger partial charge in [-0.3, -0.25) is 15.2 Å². The number of carbonyl (C=O) groups is 1. The lowest BCUT2D eigenvalue weighted by molar-refractivity contribution is -0.141. The summed E-state index contributed by atoms with van der Waals surface area (Å²) in [7, 11) is 1.31. The number of hydrogen-bond acceptors (Lipinski definition) is 6. The van der Waals surface area contributed by atoms with Crippen LogP contribution in [-0.4, -0.2) is 36.1 Å². The number of alkyl halides is 3. The molecule has 0 fully saturated rings. The van der Waals surface area contributed by atoms with E-state index in [0.717, 1.165) is 5.01 Å². The summed E-state index contributed by atoms with van der Waals surface area (Å²) in [5, 5.41) is 10.0. The van der Waals surface area contributed by atoms with Crippen molar-refractivity contribution in [3.8, 4) is 6.07 Å². The zero-order chi connectivity index (χ0) is 18.5. The van der Waals surface area contributed by atoms with Crippen molar-refractivity contribution in [3.05, 3.63) is 17.6 Å². The SMILES string of the molecule is COCC(=O)NN(CC(C)(C)C)c1cc(C(F)(F)F)nc(C#N)n1. The van der Waals surface area contributed by atoms with E-state index in [1.807, 2.05) is 20.8 Å². The number of nitriles is 1. The van der Waals surface area contributed by atoms with Crippen molar-refractivity contribution in [1.82, 2.24) is 15.4 Å². The number of methoxy groups -OCH3 is 1. The van der Waals surface area contributed by atoms with Gasteiger partial charge in [-0.05, 0) is 5.41 Å². The smallest absolute Gasteiger partial charge is 0.375 e. The van der Waals surface area contributed by atoms with E-state index >= 15 is 0 Å². The number of hydrogen-bond donors (Lipinski definition) is 1. The lowest BCUT2D eigenvalue weighted by atomic mass is 9.97. The Hall–Kier alpha value is -2.41. The zero-order valence-corrected chi connectivity index (χ0v) is 13.7. The Morgan fingerprint density at radius 1 is 1.38 bits per heavy atom. The summed E-state index contributed by atoms with van der Waals surface area (Å²) in [4.78, 5) is 18.7. The summed E-state index contributed by atoms with van der Waals surface area (Å²) in [6.07, 6.45) is -4.74. The van der Waals surface area contributed by atoms with Gasteiger partial charge in [-0.25, -0.2) is 4.98 Å². The quantitative estimate of drug-likeness (QED) is 0.820. The molecule has 24 heavy (non-hydrogen) atoms. The molecule has 1 N–H and O–H groups in total. The molecule has 0 aliphatic rings. The van der Waals surface area contributed by atoms with Crippen molar-refractivity contribution in [2.45, 2.75) is 26.9 Å². The Kier molecular flexibility index (Phi) is 6.09. The van der Waals surface area contributed by atoms with Crippen molar-refractivity contribution in [1.29, 1.82) is 5.26 Å². The molecule has 0 saturated carbocycles. The number of halogens is 3. The molecule has 1 heterocycles. The molecule has 7 nitrogen and oxygen atoms in total. The lowest BCUT2D eigenvalue weighted by Gasteiger charge is -2.31. The van der Waals surface area contributed by atoms with Crippen LogP contribution < -0.4 is 10.4 Å². The van der Waals surface area contributed by atoms with Crippen LogP contribution in [0.3, 0.4) is 0 Å². The van der Waals surface area contributed by atoms with Crippen molar-refractivity contribution in [2.75, 3.05) is 25.3 Å². The van der Waals surface area contributed by atoms with Crippen LogP contribution >= 0.6 is 0 Å². The summed E-state index contributed by atoms with van der Waals surface area (Å²) in [5.74, 6) is -1.43. The maximum Gasteiger partial charge on any atom is 0.433 e. The fourth-order valence-electron chi connectivity index (χ4n) is 1.73. The standard InChI is InChI=1S/C14H18F3N5O2/c1-13(2,3)8-22(21-12(23)7-24-4)11-5-9(14(15,16)17)19-10(6-18)20-11/h5H,7-8H2,1-4H3,(H,21,23). The Labute approximate surface area is 137 Å². The first-order valence-corrected chi connectivity index (χ1v) is 6.88. The Bertz CT molecular complexity index is 635. The molecular weight excluding hydrogens is 327 g/mol. The molecule has 1 rings (SSSR count). The van der Waals surface area contributed by atoms with E-state index in [-0.39, 0.29) is 24.4 Å². The normalized spacial score (nSPS) is 11.8. The van der Waals surface area contributed by atoms with E-state index in [1.54, 1.807) is 0 Å². The van der Waals surface area contributed by atoms with Crippen LogP contribution in [0.25, 0.3) is 0 Å². The van der Waals surface area contributed by atoms with Crippen molar-refractivity contribution >= 4 is 11.7 Å². The van der Waals surface area contributed by atoms with Crippen LogP contribution in [0.2, 0.25) is 0 Å². The topological polar surface area (TPSA) is 91.1 Å². The van der Waals surface area contributed by atoms with Crippen molar-refractivity contribution < 1.29 is 22.7 Å². The molecule has 10 heteroatoms. The van der Waals surface area contributed by atoms with Crippen LogP contribution in [0.1, 0.15) is 32.3 Å². The number of carbonyl (C=O) groups excluding carboxylic acids is 1. The van der Waals surface area contributed by atoms with Crippen molar-refractivity contribution in [3.63, 3.8) is 0 Å². The number of rotatable bonds is 5. The number of aromatic nitrogens is 2. The van der Waals surface area contributed by atoms with Gasteiger partial charge < -0.3 is 4.74 Å². The maximum atomic E-state index is 12.9. The second kappa shape index (κ2) is 7.44. The Balaban J connectivity index is 3.30. The predicted octanol–water partition coefficient (Wildman–Crippen LogP) is 1.90. The number of nitrogens with one attached hydrogen (secondary N) is 1. The largest absolute Gasteiger partial charge is 0.433 e. The molecule has 0 radical (unpaired) electrons. The summed E-state index contributed by atoms with van der Waals surface area (Å²) < 4.78 is 43.5. The summed E-state index contributed by atoms with van der Waals surface area (Å²) in [6.45, 7) is 5.38. The van der Waals surface area contributed by atoms with Gasteiger partial charge in [0.1, 0.15) is 12.7 Å². The lowest BCUT2D eigenvalue weighted by Crippen LogP contribution is -2.48. The molecule has 1 aromatic heterocycles. The summed E-state index contributed by atoms with van der Waals surface area (Å²) in [5.41, 5.74) is 0.784. The first-order valence-electron chi connectivity index (χ1n) is 6.88. The zero-order valence-electron chi connectivity index (χ0n) is 13.7. The third kappa shape index (κ3) is 6.00. The van der Waals surface area contributed by atoms with E-state index in [9.17, 15) is 18.0 Å². The molecule has 0 spiro atoms. The average Bonchev–Trinajstić information content (AvgIpc) is 2.44. The molecular formula is C14H18F3N5O2. The molecule has 0 saturated heterocycles. The van der Waals surface area contributed by atoms with Crippen LogP contribution in [0.5, 0.6) is 0 Å². The third-order valence-electron chi connectivity index (χ3n) is 2.55. The van der Waals surface area contributed by atoms with Gasteiger partial charge in [-0.1, -0.05) is 20.8 Å². The molecule has 0 unspecified atom stereocenters. The first-order chi connectivity index (χ1) is 11.0. The van der Waals surface area contributed by atoms with E-state index < -0.39 is 23.6 Å². The van der Waals surface area contributed by atoms with E-state index in [1.165, 1.54) is 13.2 Å². The molecule has 1 aromatic rings. The number of hydrazine groups is 1. The van der Waals surface area contributed by atoms with Crippen molar-refractivity contribution in [2.24, 2.45) is 5.41 Å². The minimum atomic E-state index is -4.74. The Morgan fingerprint density at radius 3 is 2.46 bits per heavy atom. The molecule has 0 aliphatic carbocycles. The minimum Gasteiger partial charge on any atom is -0.375 e. The molecule has 0 bridgehead atoms. The minimum absolute atomic E-state index is 0.154. The number of amides is 1. The highest BCUT2D eigenvalue weighted by molar-refractivity contribution is 5.78. The van der Waals surface area contributed by atoms with E-state index in [4.69, 9.17) is 5.26 Å². The van der Waals surface area contributed by atoms with Gasteiger partial charge in [-0.2, -0.15) is 23.4 Å². The summed E-state index contributed by atoms with van der Waals surface area (Å²) >= 11 is 0. The van der Waals surface area contributed by atoms with Gasteiger partial charge >= 0.3 is 6.18 Å². The fraction of sp³-hybridized carbons (Fsp3) is 0.571. The maximum absolute atomic E-state index is 12.9. The highest BCUT2D eigenvalue weighted by atomic mass is 19.4. The van der Waals surface area contributed by atoms with Crippen LogP contribution in [0.15, 0.2) is 6.07 Å². The average molecular weight is 345 g/mol. The number of anilines is 1. The Morgan fingerprint density at radius 2 is 2.00 bits per heavy atom. The predicted molar refractivity (Wildman–Crippen MR) is 78.6 cm³/mol. The van der Waals surface area contributed by atoms with Gasteiger partial charge in [0.15, 0.2) is 11.5 Å². The highest BCUT2D eigenvalue weighted by Crippen LogP contribution is 2.30. The van der Waals surface area contributed by atoms with Gasteiger partial charge in [0, 0.05) is 19.7 Å². The van der Waals surface area contributed by atoms with Crippen LogP contribution in [0.4, 0.5) is 19.0 Å². The molecule has 0 aromatic carbocycles. The highest BCUT2D eigenvalue weighted by Gasteiger charge is 2.34. The monoisotopic (exact) mass is 345 g/mol. The summed E-state index contributed by atoms with van der Waals surface area (Å²) in [6, 6.07) is 2.17. The molecule has 0 atom stereocenters. The van der Waals surface area contributed by atoms with Gasteiger partial charge in [0.25, 0.3) is 5.91 Å². The second-order valence-electron chi connectivity index (χ2n) is 6.16. The van der Waals surface area contributed by atoms with Crippen LogP contribution in [0, 0.1) is 16.7 Å². The van der Waals surface area contributed by atoms with Gasteiger partial charge in [-0.15, -0.1) is 0 Å². The van der Waals surface area contributed by atoms with Crippen LogP contribution in [-0.2, 0) is 15.7 Å². The first kappa shape index (κ1) is 19.6. The molecule has 132 valence electrons. The van der Waals surface area contributed by atoms with Gasteiger partial charge in [0.05, 0.1) is 0 Å². The van der Waals surface area contributed by atoms with E-state index in [2.05, 4.69) is 20.1 Å². The third-order valence-corrected chi connectivity index (χ3v) is 2.55. The number of ether oxygens (including phenoxy) is 1. The molecule has 1 amide bonds. The number of nitrogens with zero attached hydrogens (tertiary/aromatic N) is 4. The van der Waals surface area contributed by atoms with Gasteiger partial charge in [0.2, 0.25) is 5.82 Å². The van der Waals surface area contributed by atoms with E-state index in [0.29, 0.717) is 6.07 Å². The molecule has 0 aliphatic heterocycles.